The third kappa shape index (κ3) is 5.85. The van der Waals surface area contributed by atoms with E-state index in [2.05, 4.69) is 10.6 Å². The fourth-order valence-electron chi connectivity index (χ4n) is 2.86. The number of hydrogen-bond donors (Lipinski definition) is 3. The van der Waals surface area contributed by atoms with Crippen LogP contribution in [0.2, 0.25) is 0 Å². The Hall–Kier alpha value is -4.34. The van der Waals surface area contributed by atoms with Gasteiger partial charge in [-0.25, -0.2) is 4.79 Å². The van der Waals surface area contributed by atoms with Gasteiger partial charge in [0.15, 0.2) is 6.61 Å². The predicted octanol–water partition coefficient (Wildman–Crippen LogP) is 1.16. The summed E-state index contributed by atoms with van der Waals surface area (Å²) in [7, 11) is 1.57. The summed E-state index contributed by atoms with van der Waals surface area (Å²) < 4.78 is 15.8. The fourth-order valence-corrected chi connectivity index (χ4v) is 2.86. The van der Waals surface area contributed by atoms with Crippen LogP contribution in [0.3, 0.4) is 0 Å². The topological polar surface area (TPSA) is 144 Å². The molecule has 0 spiro atoms. The molecule has 10 nitrogen and oxygen atoms in total. The zero-order valence-electron chi connectivity index (χ0n) is 17.0. The molecule has 0 atom stereocenters. The number of nitrogens with one attached hydrogen (secondary N) is 2. The van der Waals surface area contributed by atoms with Crippen LogP contribution in [-0.2, 0) is 14.4 Å². The zero-order chi connectivity index (χ0) is 23.1. The molecule has 166 valence electrons. The highest BCUT2D eigenvalue weighted by atomic mass is 16.5. The average molecular weight is 440 g/mol. The minimum atomic E-state index is -1.19. The molecule has 0 radical (unpaired) electrons. The van der Waals surface area contributed by atoms with Crippen LogP contribution in [0.5, 0.6) is 11.5 Å². The summed E-state index contributed by atoms with van der Waals surface area (Å²) in [6, 6.07) is 13.5. The summed E-state index contributed by atoms with van der Waals surface area (Å²) in [4.78, 5) is 45.7. The van der Waals surface area contributed by atoms with Crippen molar-refractivity contribution >= 4 is 28.8 Å². The van der Waals surface area contributed by atoms with E-state index in [1.807, 2.05) is 12.1 Å². The van der Waals surface area contributed by atoms with Gasteiger partial charge in [-0.1, -0.05) is 12.1 Å². The van der Waals surface area contributed by atoms with Gasteiger partial charge in [0.05, 0.1) is 13.7 Å². The Morgan fingerprint density at radius 2 is 1.62 bits per heavy atom. The monoisotopic (exact) mass is 440 g/mol. The first-order valence-corrected chi connectivity index (χ1v) is 9.46. The van der Waals surface area contributed by atoms with Crippen LogP contribution in [0.15, 0.2) is 57.7 Å². The van der Waals surface area contributed by atoms with Crippen LogP contribution in [0, 0.1) is 0 Å². The van der Waals surface area contributed by atoms with Gasteiger partial charge in [0.2, 0.25) is 5.91 Å². The van der Waals surface area contributed by atoms with Crippen molar-refractivity contribution in [2.75, 3.05) is 26.8 Å². The molecule has 2 aromatic carbocycles. The van der Waals surface area contributed by atoms with Crippen LogP contribution in [-0.4, -0.2) is 49.7 Å². The molecule has 1 aromatic heterocycles. The third-order valence-corrected chi connectivity index (χ3v) is 4.37. The summed E-state index contributed by atoms with van der Waals surface area (Å²) in [6.45, 7) is -1.31. The Morgan fingerprint density at radius 1 is 0.938 bits per heavy atom. The molecule has 0 saturated heterocycles. The van der Waals surface area contributed by atoms with E-state index < -0.39 is 30.0 Å². The number of ether oxygens (including phenoxy) is 2. The molecule has 2 amide bonds. The number of carbonyl (C=O) groups excluding carboxylic acids is 2. The van der Waals surface area contributed by atoms with E-state index in [9.17, 15) is 19.2 Å². The Labute approximate surface area is 181 Å². The molecule has 10 heteroatoms. The fraction of sp³-hybridized carbons (Fsp3) is 0.182. The summed E-state index contributed by atoms with van der Waals surface area (Å²) in [5, 5.41) is 13.6. The highest BCUT2D eigenvalue weighted by molar-refractivity contribution is 5.94. The maximum Gasteiger partial charge on any atom is 0.336 e. The second kappa shape index (κ2) is 10.1. The number of rotatable bonds is 9. The van der Waals surface area contributed by atoms with Gasteiger partial charge in [-0.15, -0.1) is 0 Å². The molecule has 0 aliphatic rings. The van der Waals surface area contributed by atoms with E-state index in [-0.39, 0.29) is 24.5 Å². The number of benzene rings is 2. The number of methoxy groups -OCH3 is 1. The van der Waals surface area contributed by atoms with Crippen molar-refractivity contribution in [2.45, 2.75) is 0 Å². The van der Waals surface area contributed by atoms with E-state index in [4.69, 9.17) is 19.0 Å². The number of carbonyl (C=O) groups is 3. The maximum atomic E-state index is 12.1. The summed E-state index contributed by atoms with van der Waals surface area (Å²) in [6.07, 6.45) is 0. The largest absolute Gasteiger partial charge is 0.497 e. The number of carboxylic acids is 1. The molecule has 3 N–H and O–H groups in total. The predicted molar refractivity (Wildman–Crippen MR) is 114 cm³/mol. The first-order valence-electron chi connectivity index (χ1n) is 9.46. The van der Waals surface area contributed by atoms with Gasteiger partial charge >= 0.3 is 11.6 Å². The highest BCUT2D eigenvalue weighted by Crippen LogP contribution is 2.30. The minimum Gasteiger partial charge on any atom is -0.497 e. The molecular formula is C22H20N2O8. The van der Waals surface area contributed by atoms with Gasteiger partial charge in [-0.2, -0.15) is 0 Å². The molecule has 0 unspecified atom stereocenters. The van der Waals surface area contributed by atoms with Gasteiger partial charge in [0.1, 0.15) is 23.6 Å². The van der Waals surface area contributed by atoms with Crippen LogP contribution < -0.4 is 25.7 Å². The molecule has 0 fully saturated rings. The highest BCUT2D eigenvalue weighted by Gasteiger charge is 2.11. The van der Waals surface area contributed by atoms with E-state index in [0.29, 0.717) is 16.7 Å². The SMILES string of the molecule is COc1ccc(-c2cc(=O)oc3cc(OCC(=O)NCC(=O)NCC(=O)O)ccc23)cc1. The second-order valence-corrected chi connectivity index (χ2v) is 6.60. The smallest absolute Gasteiger partial charge is 0.336 e. The van der Waals surface area contributed by atoms with Crippen molar-refractivity contribution < 1.29 is 33.4 Å². The molecule has 0 saturated carbocycles. The van der Waals surface area contributed by atoms with Crippen molar-refractivity contribution in [3.05, 3.63) is 59.0 Å². The zero-order valence-corrected chi connectivity index (χ0v) is 17.0. The number of amides is 2. The summed E-state index contributed by atoms with van der Waals surface area (Å²) in [5.74, 6) is -1.43. The number of hydrogen-bond acceptors (Lipinski definition) is 7. The van der Waals surface area contributed by atoms with Crippen molar-refractivity contribution in [3.63, 3.8) is 0 Å². The summed E-state index contributed by atoms with van der Waals surface area (Å²) in [5.41, 5.74) is 1.23. The van der Waals surface area contributed by atoms with Crippen LogP contribution >= 0.6 is 0 Å². The van der Waals surface area contributed by atoms with Crippen LogP contribution in [0.1, 0.15) is 0 Å². The first-order chi connectivity index (χ1) is 15.4. The molecule has 0 aliphatic carbocycles. The molecule has 3 aromatic rings. The molecule has 0 aliphatic heterocycles. The van der Waals surface area contributed by atoms with E-state index >= 15 is 0 Å². The summed E-state index contributed by atoms with van der Waals surface area (Å²) >= 11 is 0. The van der Waals surface area contributed by atoms with Crippen molar-refractivity contribution in [3.8, 4) is 22.6 Å². The van der Waals surface area contributed by atoms with Crippen LogP contribution in [0.4, 0.5) is 0 Å². The van der Waals surface area contributed by atoms with Crippen molar-refractivity contribution in [1.82, 2.24) is 10.6 Å². The standard InChI is InChI=1S/C22H20N2O8/c1-30-14-4-2-13(3-5-14)17-9-22(29)32-18-8-15(6-7-16(17)18)31-12-20(26)23-10-19(25)24-11-21(27)28/h2-9H,10-12H2,1H3,(H,23,26)(H,24,25)(H,27,28). The molecular weight excluding hydrogens is 420 g/mol. The number of aliphatic carboxylic acids is 1. The minimum absolute atomic E-state index is 0.286. The molecule has 0 bridgehead atoms. The normalized spacial score (nSPS) is 10.4. The number of carboxylic acid groups (broad SMARTS) is 1. The quantitative estimate of drug-likeness (QED) is 0.421. The lowest BCUT2D eigenvalue weighted by atomic mass is 10.0. The van der Waals surface area contributed by atoms with Crippen LogP contribution in [0.25, 0.3) is 22.1 Å². The van der Waals surface area contributed by atoms with E-state index in [0.717, 1.165) is 5.56 Å². The Morgan fingerprint density at radius 3 is 2.31 bits per heavy atom. The lowest BCUT2D eigenvalue weighted by Crippen LogP contribution is -2.40. The van der Waals surface area contributed by atoms with E-state index in [1.165, 1.54) is 12.1 Å². The van der Waals surface area contributed by atoms with Crippen molar-refractivity contribution in [2.24, 2.45) is 0 Å². The number of fused-ring (bicyclic) bond motifs is 1. The lowest BCUT2D eigenvalue weighted by Gasteiger charge is -2.10. The van der Waals surface area contributed by atoms with Gasteiger partial charge in [-0.05, 0) is 35.4 Å². The average Bonchev–Trinajstić information content (AvgIpc) is 2.79. The van der Waals surface area contributed by atoms with E-state index in [1.54, 1.807) is 31.4 Å². The maximum absolute atomic E-state index is 12.1. The third-order valence-electron chi connectivity index (χ3n) is 4.37. The van der Waals surface area contributed by atoms with Gasteiger partial charge in [-0.3, -0.25) is 14.4 Å². The molecule has 32 heavy (non-hydrogen) atoms. The first kappa shape index (κ1) is 22.3. The van der Waals surface area contributed by atoms with Gasteiger partial charge in [0, 0.05) is 17.5 Å². The van der Waals surface area contributed by atoms with Gasteiger partial charge < -0.3 is 29.6 Å². The molecule has 1 heterocycles. The molecule has 3 rings (SSSR count). The Bertz CT molecular complexity index is 1200. The second-order valence-electron chi connectivity index (χ2n) is 6.60. The van der Waals surface area contributed by atoms with Gasteiger partial charge in [0.25, 0.3) is 5.91 Å². The van der Waals surface area contributed by atoms with Crippen molar-refractivity contribution in [1.29, 1.82) is 0 Å². The Kier molecular flexibility index (Phi) is 7.06. The Balaban J connectivity index is 1.67. The lowest BCUT2D eigenvalue weighted by molar-refractivity contribution is -0.137.